The first-order valence-corrected chi connectivity index (χ1v) is 5.12. The van der Waals surface area contributed by atoms with E-state index in [1.807, 2.05) is 0 Å². The monoisotopic (exact) mass is 360 g/mol. The lowest BCUT2D eigenvalue weighted by Crippen LogP contribution is -2.30. The highest BCUT2D eigenvalue weighted by Crippen LogP contribution is 2.25. The van der Waals surface area contributed by atoms with Crippen LogP contribution in [0.25, 0.3) is 0 Å². The zero-order valence-corrected chi connectivity index (χ0v) is 10.1. The molecule has 0 aliphatic carbocycles. The molecule has 0 aliphatic heterocycles. The summed E-state index contributed by atoms with van der Waals surface area (Å²) in [6.45, 7) is 0. The van der Waals surface area contributed by atoms with Crippen LogP contribution in [0.3, 0.4) is 0 Å². The third kappa shape index (κ3) is 3.54. The lowest BCUT2D eigenvalue weighted by Gasteiger charge is -2.09. The van der Waals surface area contributed by atoms with E-state index in [1.54, 1.807) is 27.9 Å². The quantitative estimate of drug-likeness (QED) is 0.501. The van der Waals surface area contributed by atoms with Crippen molar-refractivity contribution in [2.45, 2.75) is 6.18 Å². The third-order valence-corrected chi connectivity index (χ3v) is 2.56. The molecule has 1 amide bonds. The molecular weight excluding hydrogens is 356 g/mol. The van der Waals surface area contributed by atoms with Crippen molar-refractivity contribution in [1.82, 2.24) is 0 Å². The van der Waals surface area contributed by atoms with E-state index in [4.69, 9.17) is 0 Å². The Kier molecular flexibility index (Phi) is 3.91. The number of nitrogens with zero attached hydrogens (tertiary/aromatic N) is 1. The van der Waals surface area contributed by atoms with Crippen molar-refractivity contribution < 1.29 is 22.9 Å². The molecule has 1 aromatic rings. The molecule has 0 unspecified atom stereocenters. The molecule has 0 heterocycles. The summed E-state index contributed by atoms with van der Waals surface area (Å²) in [7, 11) is 0. The van der Waals surface area contributed by atoms with Gasteiger partial charge in [-0.25, -0.2) is 0 Å². The molecule has 5 nitrogen and oxygen atoms in total. The molecule has 0 bridgehead atoms. The Bertz CT molecular complexity index is 476. The second-order valence-corrected chi connectivity index (χ2v) is 4.04. The van der Waals surface area contributed by atoms with Crippen LogP contribution in [0.5, 0.6) is 0 Å². The van der Waals surface area contributed by atoms with Crippen LogP contribution in [0.15, 0.2) is 18.2 Å². The first-order chi connectivity index (χ1) is 7.71. The van der Waals surface area contributed by atoms with Gasteiger partial charge in [0.25, 0.3) is 5.69 Å². The van der Waals surface area contributed by atoms with Gasteiger partial charge >= 0.3 is 12.1 Å². The van der Waals surface area contributed by atoms with Gasteiger partial charge in [-0.2, -0.15) is 13.2 Å². The number of nitro benzene ring substituents is 1. The minimum atomic E-state index is -5.00. The van der Waals surface area contributed by atoms with Crippen LogP contribution in [0.1, 0.15) is 0 Å². The number of carbonyl (C=O) groups is 1. The van der Waals surface area contributed by atoms with Crippen molar-refractivity contribution in [2.75, 3.05) is 5.32 Å². The molecule has 1 aromatic carbocycles. The van der Waals surface area contributed by atoms with Crippen molar-refractivity contribution in [1.29, 1.82) is 0 Å². The van der Waals surface area contributed by atoms with Crippen LogP contribution in [0.4, 0.5) is 24.5 Å². The summed E-state index contributed by atoms with van der Waals surface area (Å²) < 4.78 is 36.0. The van der Waals surface area contributed by atoms with Gasteiger partial charge in [-0.3, -0.25) is 14.9 Å². The third-order valence-electron chi connectivity index (χ3n) is 1.67. The van der Waals surface area contributed by atoms with Crippen molar-refractivity contribution in [3.63, 3.8) is 0 Å². The standard InChI is InChI=1S/C8H4F3IN2O3/c9-8(10,11)7(15)13-6-2-1-4(14(16)17)3-5(6)12/h1-3H,(H,13,15). The van der Waals surface area contributed by atoms with Crippen LogP contribution < -0.4 is 5.32 Å². The molecule has 0 fully saturated rings. The topological polar surface area (TPSA) is 72.2 Å². The van der Waals surface area contributed by atoms with Crippen LogP contribution >= 0.6 is 22.6 Å². The number of nitrogens with one attached hydrogen (secondary N) is 1. The first-order valence-electron chi connectivity index (χ1n) is 4.04. The minimum absolute atomic E-state index is 0.126. The fourth-order valence-corrected chi connectivity index (χ4v) is 1.55. The van der Waals surface area contributed by atoms with Crippen LogP contribution in [-0.4, -0.2) is 17.0 Å². The molecule has 9 heteroatoms. The summed E-state index contributed by atoms with van der Waals surface area (Å²) in [5.41, 5.74) is -0.391. The molecule has 92 valence electrons. The fraction of sp³-hybridized carbons (Fsp3) is 0.125. The maximum absolute atomic E-state index is 12.0. The summed E-state index contributed by atoms with van der Waals surface area (Å²) in [5.74, 6) is -2.12. The van der Waals surface area contributed by atoms with E-state index in [-0.39, 0.29) is 14.9 Å². The van der Waals surface area contributed by atoms with Gasteiger partial charge < -0.3 is 5.32 Å². The van der Waals surface area contributed by atoms with Crippen LogP contribution in [0.2, 0.25) is 0 Å². The van der Waals surface area contributed by atoms with Gasteiger partial charge in [0, 0.05) is 15.7 Å². The molecule has 0 radical (unpaired) electrons. The van der Waals surface area contributed by atoms with E-state index in [1.165, 1.54) is 0 Å². The van der Waals surface area contributed by atoms with Crippen molar-refractivity contribution in [3.8, 4) is 0 Å². The first kappa shape index (κ1) is 13.7. The largest absolute Gasteiger partial charge is 0.471 e. The Morgan fingerprint density at radius 1 is 1.41 bits per heavy atom. The number of amides is 1. The molecule has 1 rings (SSSR count). The molecule has 0 aromatic heterocycles. The number of benzene rings is 1. The number of nitro groups is 1. The lowest BCUT2D eigenvalue weighted by atomic mass is 10.3. The predicted octanol–water partition coefficient (Wildman–Crippen LogP) is 2.70. The van der Waals surface area contributed by atoms with Gasteiger partial charge in [-0.15, -0.1) is 0 Å². The number of alkyl halides is 3. The summed E-state index contributed by atoms with van der Waals surface area (Å²) in [6, 6.07) is 3.12. The average Bonchev–Trinajstić information content (AvgIpc) is 2.19. The summed E-state index contributed by atoms with van der Waals surface area (Å²) >= 11 is 1.59. The lowest BCUT2D eigenvalue weighted by molar-refractivity contribution is -0.384. The average molecular weight is 360 g/mol. The highest BCUT2D eigenvalue weighted by Gasteiger charge is 2.38. The van der Waals surface area contributed by atoms with E-state index in [9.17, 15) is 28.1 Å². The number of hydrogen-bond acceptors (Lipinski definition) is 3. The molecule has 0 saturated carbocycles. The van der Waals surface area contributed by atoms with Crippen LogP contribution in [0, 0.1) is 13.7 Å². The minimum Gasteiger partial charge on any atom is -0.317 e. The Morgan fingerprint density at radius 2 is 2.00 bits per heavy atom. The zero-order chi connectivity index (χ0) is 13.2. The molecule has 17 heavy (non-hydrogen) atoms. The number of rotatable bonds is 2. The van der Waals surface area contributed by atoms with E-state index >= 15 is 0 Å². The van der Waals surface area contributed by atoms with E-state index in [0.29, 0.717) is 0 Å². The Hall–Kier alpha value is -1.39. The van der Waals surface area contributed by atoms with Gasteiger partial charge in [-0.05, 0) is 28.7 Å². The van der Waals surface area contributed by atoms with Crippen molar-refractivity contribution >= 4 is 39.9 Å². The van der Waals surface area contributed by atoms with E-state index in [0.717, 1.165) is 18.2 Å². The zero-order valence-electron chi connectivity index (χ0n) is 7.92. The number of halogens is 4. The van der Waals surface area contributed by atoms with Crippen molar-refractivity contribution in [2.24, 2.45) is 0 Å². The molecule has 1 N–H and O–H groups in total. The van der Waals surface area contributed by atoms with Gasteiger partial charge in [0.1, 0.15) is 0 Å². The summed E-state index contributed by atoms with van der Waals surface area (Å²) in [5, 5.41) is 12.0. The van der Waals surface area contributed by atoms with Gasteiger partial charge in [0.2, 0.25) is 0 Å². The molecular formula is C8H4F3IN2O3. The van der Waals surface area contributed by atoms with Crippen molar-refractivity contribution in [3.05, 3.63) is 31.9 Å². The predicted molar refractivity (Wildman–Crippen MR) is 60.5 cm³/mol. The molecule has 0 aliphatic rings. The Balaban J connectivity index is 2.95. The highest BCUT2D eigenvalue weighted by molar-refractivity contribution is 14.1. The Morgan fingerprint density at radius 3 is 2.41 bits per heavy atom. The highest BCUT2D eigenvalue weighted by atomic mass is 127. The number of carbonyl (C=O) groups excluding carboxylic acids is 1. The van der Waals surface area contributed by atoms with Gasteiger partial charge in [0.05, 0.1) is 10.6 Å². The van der Waals surface area contributed by atoms with E-state index in [2.05, 4.69) is 0 Å². The smallest absolute Gasteiger partial charge is 0.317 e. The maximum atomic E-state index is 12.0. The maximum Gasteiger partial charge on any atom is 0.471 e. The number of hydrogen-bond donors (Lipinski definition) is 1. The van der Waals surface area contributed by atoms with Crippen LogP contribution in [-0.2, 0) is 4.79 Å². The Labute approximate surface area is 106 Å². The SMILES string of the molecule is O=C(Nc1ccc([N+](=O)[O-])cc1I)C(F)(F)F. The molecule has 0 spiro atoms. The van der Waals surface area contributed by atoms with Gasteiger partial charge in [0.15, 0.2) is 0 Å². The fourth-order valence-electron chi connectivity index (χ4n) is 0.912. The second-order valence-electron chi connectivity index (χ2n) is 2.87. The molecule has 0 atom stereocenters. The van der Waals surface area contributed by atoms with Gasteiger partial charge in [-0.1, -0.05) is 0 Å². The second kappa shape index (κ2) is 4.85. The normalized spacial score (nSPS) is 11.1. The summed E-state index contributed by atoms with van der Waals surface area (Å²) in [6.07, 6.45) is -5.00. The number of anilines is 1. The summed E-state index contributed by atoms with van der Waals surface area (Å²) in [4.78, 5) is 20.3. The van der Waals surface area contributed by atoms with E-state index < -0.39 is 17.0 Å². The molecule has 0 saturated heterocycles. The number of non-ortho nitro benzene ring substituents is 1.